The van der Waals surface area contributed by atoms with Crippen molar-refractivity contribution in [2.24, 2.45) is 0 Å². The highest BCUT2D eigenvalue weighted by Gasteiger charge is 2.14. The SMILES string of the molecule is CC(=O)Nc1cccc(NC(=O)c2nccnc2N)c1C. The molecule has 0 unspecified atom stereocenters. The molecule has 0 aliphatic carbocycles. The maximum atomic E-state index is 12.1. The van der Waals surface area contributed by atoms with Gasteiger partial charge in [-0.1, -0.05) is 6.07 Å². The van der Waals surface area contributed by atoms with E-state index < -0.39 is 5.91 Å². The third-order valence-electron chi connectivity index (χ3n) is 2.83. The largest absolute Gasteiger partial charge is 0.382 e. The molecule has 1 aromatic carbocycles. The Kier molecular flexibility index (Phi) is 4.13. The Balaban J connectivity index is 2.26. The molecule has 2 amide bonds. The molecule has 1 heterocycles. The van der Waals surface area contributed by atoms with Crippen LogP contribution in [0.1, 0.15) is 23.0 Å². The van der Waals surface area contributed by atoms with Crippen LogP contribution in [0.15, 0.2) is 30.6 Å². The molecular weight excluding hydrogens is 270 g/mol. The zero-order chi connectivity index (χ0) is 15.4. The number of hydrogen-bond donors (Lipinski definition) is 3. The molecule has 1 aromatic heterocycles. The van der Waals surface area contributed by atoms with Crippen LogP contribution in [0.25, 0.3) is 0 Å². The molecule has 0 aliphatic rings. The van der Waals surface area contributed by atoms with Crippen molar-refractivity contribution < 1.29 is 9.59 Å². The van der Waals surface area contributed by atoms with Gasteiger partial charge in [-0.05, 0) is 24.6 Å². The summed E-state index contributed by atoms with van der Waals surface area (Å²) >= 11 is 0. The van der Waals surface area contributed by atoms with Gasteiger partial charge in [0.05, 0.1) is 0 Å². The molecule has 0 fully saturated rings. The van der Waals surface area contributed by atoms with Gasteiger partial charge in [0.2, 0.25) is 5.91 Å². The Labute approximate surface area is 121 Å². The second-order valence-corrected chi connectivity index (χ2v) is 4.40. The first-order chi connectivity index (χ1) is 9.99. The minimum absolute atomic E-state index is 0.0573. The molecular formula is C14H15N5O2. The summed E-state index contributed by atoms with van der Waals surface area (Å²) in [7, 11) is 0. The third kappa shape index (κ3) is 3.33. The van der Waals surface area contributed by atoms with Gasteiger partial charge in [-0.25, -0.2) is 9.97 Å². The molecule has 0 spiro atoms. The maximum absolute atomic E-state index is 12.1. The Morgan fingerprint density at radius 1 is 1.10 bits per heavy atom. The van der Waals surface area contributed by atoms with Gasteiger partial charge in [-0.2, -0.15) is 0 Å². The minimum Gasteiger partial charge on any atom is -0.382 e. The van der Waals surface area contributed by atoms with Crippen LogP contribution in [0.5, 0.6) is 0 Å². The molecule has 0 bridgehead atoms. The molecule has 0 saturated heterocycles. The number of hydrogen-bond acceptors (Lipinski definition) is 5. The van der Waals surface area contributed by atoms with Gasteiger partial charge in [0.25, 0.3) is 5.91 Å². The van der Waals surface area contributed by atoms with Crippen molar-refractivity contribution >= 4 is 29.0 Å². The van der Waals surface area contributed by atoms with E-state index in [1.54, 1.807) is 25.1 Å². The number of aromatic nitrogens is 2. The minimum atomic E-state index is -0.455. The van der Waals surface area contributed by atoms with Crippen molar-refractivity contribution in [2.45, 2.75) is 13.8 Å². The summed E-state index contributed by atoms with van der Waals surface area (Å²) in [6.45, 7) is 3.21. The predicted octanol–water partition coefficient (Wildman–Crippen LogP) is 1.58. The number of anilines is 3. The molecule has 2 aromatic rings. The third-order valence-corrected chi connectivity index (χ3v) is 2.83. The molecule has 108 valence electrons. The number of carbonyl (C=O) groups is 2. The highest BCUT2D eigenvalue weighted by molar-refractivity contribution is 6.06. The van der Waals surface area contributed by atoms with E-state index in [-0.39, 0.29) is 17.4 Å². The van der Waals surface area contributed by atoms with Gasteiger partial charge in [0, 0.05) is 30.7 Å². The maximum Gasteiger partial charge on any atom is 0.278 e. The van der Waals surface area contributed by atoms with E-state index in [4.69, 9.17) is 5.73 Å². The first-order valence-electron chi connectivity index (χ1n) is 6.24. The average molecular weight is 285 g/mol. The van der Waals surface area contributed by atoms with Crippen LogP contribution in [-0.4, -0.2) is 21.8 Å². The lowest BCUT2D eigenvalue weighted by Gasteiger charge is -2.12. The average Bonchev–Trinajstić information content (AvgIpc) is 2.43. The number of nitrogens with zero attached hydrogens (tertiary/aromatic N) is 2. The Morgan fingerprint density at radius 2 is 1.71 bits per heavy atom. The van der Waals surface area contributed by atoms with Gasteiger partial charge >= 0.3 is 0 Å². The van der Waals surface area contributed by atoms with E-state index in [0.717, 1.165) is 5.56 Å². The van der Waals surface area contributed by atoms with Crippen molar-refractivity contribution in [3.05, 3.63) is 41.9 Å². The van der Waals surface area contributed by atoms with Crippen LogP contribution in [0, 0.1) is 6.92 Å². The Bertz CT molecular complexity index is 700. The summed E-state index contributed by atoms with van der Waals surface area (Å²) in [5.41, 5.74) is 7.61. The number of carbonyl (C=O) groups excluding carboxylic acids is 2. The Morgan fingerprint density at radius 3 is 2.33 bits per heavy atom. The predicted molar refractivity (Wildman–Crippen MR) is 79.9 cm³/mol. The molecule has 7 nitrogen and oxygen atoms in total. The fourth-order valence-corrected chi connectivity index (χ4v) is 1.80. The smallest absolute Gasteiger partial charge is 0.278 e. The monoisotopic (exact) mass is 285 g/mol. The quantitative estimate of drug-likeness (QED) is 0.793. The lowest BCUT2D eigenvalue weighted by Crippen LogP contribution is -2.17. The van der Waals surface area contributed by atoms with Crippen LogP contribution >= 0.6 is 0 Å². The fraction of sp³-hybridized carbons (Fsp3) is 0.143. The van der Waals surface area contributed by atoms with Crippen LogP contribution in [-0.2, 0) is 4.79 Å². The van der Waals surface area contributed by atoms with Gasteiger partial charge < -0.3 is 16.4 Å². The summed E-state index contributed by atoms with van der Waals surface area (Å²) in [4.78, 5) is 31.0. The number of nitrogen functional groups attached to an aromatic ring is 1. The van der Waals surface area contributed by atoms with Crippen molar-refractivity contribution in [3.8, 4) is 0 Å². The molecule has 0 saturated carbocycles. The molecule has 2 rings (SSSR count). The van der Waals surface area contributed by atoms with E-state index in [2.05, 4.69) is 20.6 Å². The number of benzene rings is 1. The lowest BCUT2D eigenvalue weighted by molar-refractivity contribution is -0.114. The summed E-state index contributed by atoms with van der Waals surface area (Å²) in [6, 6.07) is 5.21. The van der Waals surface area contributed by atoms with Crippen molar-refractivity contribution in [3.63, 3.8) is 0 Å². The summed E-state index contributed by atoms with van der Waals surface area (Å²) in [5.74, 6) is -0.575. The van der Waals surface area contributed by atoms with Crippen molar-refractivity contribution in [2.75, 3.05) is 16.4 Å². The van der Waals surface area contributed by atoms with Gasteiger partial charge in [0.1, 0.15) is 0 Å². The number of rotatable bonds is 3. The van der Waals surface area contributed by atoms with Crippen LogP contribution in [0.3, 0.4) is 0 Å². The Hall–Kier alpha value is -2.96. The van der Waals surface area contributed by atoms with Crippen LogP contribution in [0.4, 0.5) is 17.2 Å². The second-order valence-electron chi connectivity index (χ2n) is 4.40. The van der Waals surface area contributed by atoms with Crippen molar-refractivity contribution in [1.82, 2.24) is 9.97 Å². The lowest BCUT2D eigenvalue weighted by atomic mass is 10.1. The molecule has 0 radical (unpaired) electrons. The van der Waals surface area contributed by atoms with E-state index in [0.29, 0.717) is 11.4 Å². The highest BCUT2D eigenvalue weighted by atomic mass is 16.2. The standard InChI is InChI=1S/C14H15N5O2/c1-8-10(18-9(2)20)4-3-5-11(8)19-14(21)12-13(15)17-7-6-16-12/h3-7H,1-2H3,(H2,15,17)(H,18,20)(H,19,21). The van der Waals surface area contributed by atoms with Gasteiger partial charge in [0.15, 0.2) is 11.5 Å². The first kappa shape index (κ1) is 14.4. The summed E-state index contributed by atoms with van der Waals surface area (Å²) in [6.07, 6.45) is 2.81. The van der Waals surface area contributed by atoms with Crippen molar-refractivity contribution in [1.29, 1.82) is 0 Å². The molecule has 0 atom stereocenters. The normalized spacial score (nSPS) is 10.0. The van der Waals surface area contributed by atoms with E-state index in [9.17, 15) is 9.59 Å². The van der Waals surface area contributed by atoms with Gasteiger partial charge in [-0.15, -0.1) is 0 Å². The van der Waals surface area contributed by atoms with Crippen LogP contribution in [0.2, 0.25) is 0 Å². The fourth-order valence-electron chi connectivity index (χ4n) is 1.80. The van der Waals surface area contributed by atoms with Gasteiger partial charge in [-0.3, -0.25) is 9.59 Å². The summed E-state index contributed by atoms with van der Waals surface area (Å²) < 4.78 is 0. The van der Waals surface area contributed by atoms with E-state index >= 15 is 0 Å². The first-order valence-corrected chi connectivity index (χ1v) is 6.24. The molecule has 7 heteroatoms. The van der Waals surface area contributed by atoms with E-state index in [1.165, 1.54) is 19.3 Å². The molecule has 4 N–H and O–H groups in total. The number of amides is 2. The topological polar surface area (TPSA) is 110 Å². The zero-order valence-electron chi connectivity index (χ0n) is 11.7. The number of nitrogens with one attached hydrogen (secondary N) is 2. The molecule has 0 aliphatic heterocycles. The second kappa shape index (κ2) is 6.00. The summed E-state index contributed by atoms with van der Waals surface area (Å²) in [5, 5.41) is 5.40. The van der Waals surface area contributed by atoms with E-state index in [1.807, 2.05) is 0 Å². The molecule has 21 heavy (non-hydrogen) atoms. The number of nitrogens with two attached hydrogens (primary N) is 1. The zero-order valence-corrected chi connectivity index (χ0v) is 11.7. The van der Waals surface area contributed by atoms with Crippen LogP contribution < -0.4 is 16.4 Å². The highest BCUT2D eigenvalue weighted by Crippen LogP contribution is 2.24.